The lowest BCUT2D eigenvalue weighted by Crippen LogP contribution is -2.50. The number of carbonyl (C=O) groups excluding carboxylic acids is 3. The van der Waals surface area contributed by atoms with Gasteiger partial charge in [0.15, 0.2) is 5.75 Å². The highest BCUT2D eigenvalue weighted by molar-refractivity contribution is 6.01. The van der Waals surface area contributed by atoms with Crippen LogP contribution >= 0.6 is 0 Å². The summed E-state index contributed by atoms with van der Waals surface area (Å²) in [4.78, 5) is 42.6. The van der Waals surface area contributed by atoms with Gasteiger partial charge in [-0.25, -0.2) is 14.0 Å². The van der Waals surface area contributed by atoms with E-state index in [2.05, 4.69) is 16.0 Å². The van der Waals surface area contributed by atoms with Crippen LogP contribution in [0, 0.1) is 11.7 Å². The van der Waals surface area contributed by atoms with Crippen molar-refractivity contribution in [2.75, 3.05) is 37.4 Å². The number of nitrogens with one attached hydrogen (secondary N) is 3. The molecule has 11 heteroatoms. The van der Waals surface area contributed by atoms with Gasteiger partial charge in [0.05, 0.1) is 30.4 Å². The Hall–Kier alpha value is -3.86. The van der Waals surface area contributed by atoms with Crippen molar-refractivity contribution >= 4 is 29.3 Å². The molecule has 1 fully saturated rings. The summed E-state index contributed by atoms with van der Waals surface area (Å²) in [7, 11) is 1.62. The molecule has 2 aromatic rings. The van der Waals surface area contributed by atoms with Gasteiger partial charge >= 0.3 is 12.1 Å². The van der Waals surface area contributed by atoms with Crippen LogP contribution in [0.15, 0.2) is 42.5 Å². The van der Waals surface area contributed by atoms with Crippen LogP contribution < -0.4 is 20.7 Å². The van der Waals surface area contributed by atoms with Crippen LogP contribution in [0.1, 0.15) is 56.3 Å². The summed E-state index contributed by atoms with van der Waals surface area (Å²) in [6, 6.07) is 9.33. The Bertz CT molecular complexity index is 1220. The molecule has 222 valence electrons. The molecule has 0 unspecified atom stereocenters. The molecule has 5 amide bonds. The van der Waals surface area contributed by atoms with E-state index in [-0.39, 0.29) is 54.9 Å². The van der Waals surface area contributed by atoms with Gasteiger partial charge < -0.3 is 35.6 Å². The number of likely N-dealkylation sites (N-methyl/N-ethyl adjacent to an activating group) is 1. The molecule has 2 aliphatic rings. The Morgan fingerprint density at radius 1 is 1.12 bits per heavy atom. The fourth-order valence-corrected chi connectivity index (χ4v) is 5.26. The number of rotatable bonds is 7. The molecule has 0 radical (unpaired) electrons. The van der Waals surface area contributed by atoms with Crippen LogP contribution in [0.3, 0.4) is 0 Å². The number of amides is 5. The molecular weight excluding hydrogens is 529 g/mol. The number of benzene rings is 2. The van der Waals surface area contributed by atoms with Crippen molar-refractivity contribution in [3.63, 3.8) is 0 Å². The maximum absolute atomic E-state index is 13.7. The number of para-hydroxylation sites is 1. The minimum absolute atomic E-state index is 0.0961. The van der Waals surface area contributed by atoms with Crippen molar-refractivity contribution in [2.45, 2.75) is 64.1 Å². The smallest absolute Gasteiger partial charge is 0.321 e. The van der Waals surface area contributed by atoms with Crippen LogP contribution in [0.5, 0.6) is 5.75 Å². The van der Waals surface area contributed by atoms with Gasteiger partial charge in [-0.15, -0.1) is 0 Å². The third-order valence-electron chi connectivity index (χ3n) is 7.78. The predicted molar refractivity (Wildman–Crippen MR) is 155 cm³/mol. The van der Waals surface area contributed by atoms with E-state index in [1.165, 1.54) is 35.6 Å². The molecule has 0 aromatic heterocycles. The molecule has 10 nitrogen and oxygen atoms in total. The van der Waals surface area contributed by atoms with Crippen molar-refractivity contribution in [1.29, 1.82) is 0 Å². The van der Waals surface area contributed by atoms with Crippen molar-refractivity contribution in [2.24, 2.45) is 5.92 Å². The Morgan fingerprint density at radius 3 is 2.51 bits per heavy atom. The molecule has 1 aliphatic carbocycles. The second kappa shape index (κ2) is 13.7. The number of urea groups is 2. The molecule has 1 heterocycles. The lowest BCUT2D eigenvalue weighted by Gasteiger charge is -2.38. The van der Waals surface area contributed by atoms with E-state index in [1.54, 1.807) is 37.1 Å². The van der Waals surface area contributed by atoms with Crippen LogP contribution in [0.4, 0.5) is 25.4 Å². The standard InChI is InChI=1S/C30H40FN5O5/c1-19-16-36(20(2)18-37)28(38)24-10-7-11-25(34-29(39)32-22-8-5-4-6-9-22)27(24)41-26(19)17-35(3)30(40)33-23-14-12-21(31)13-15-23/h7,10-15,19-20,22,26,37H,4-6,8-9,16-18H2,1-3H3,(H,33,40)(H2,32,34,39)/t19-,20+,26+/m0/s1. The topological polar surface area (TPSA) is 123 Å². The van der Waals surface area contributed by atoms with Gasteiger partial charge in [0.2, 0.25) is 0 Å². The van der Waals surface area contributed by atoms with Crippen molar-refractivity contribution in [3.8, 4) is 5.75 Å². The van der Waals surface area contributed by atoms with Crippen molar-refractivity contribution < 1.29 is 28.6 Å². The van der Waals surface area contributed by atoms with E-state index in [9.17, 15) is 23.9 Å². The molecule has 0 saturated heterocycles. The number of fused-ring (bicyclic) bond motifs is 1. The van der Waals surface area contributed by atoms with E-state index in [0.29, 0.717) is 11.4 Å². The maximum atomic E-state index is 13.7. The van der Waals surface area contributed by atoms with Crippen LogP contribution in [-0.2, 0) is 0 Å². The van der Waals surface area contributed by atoms with Gasteiger partial charge in [-0.1, -0.05) is 32.3 Å². The van der Waals surface area contributed by atoms with Gasteiger partial charge in [0, 0.05) is 31.2 Å². The Kier molecular flexibility index (Phi) is 10.0. The number of hydrogen-bond acceptors (Lipinski definition) is 5. The van der Waals surface area contributed by atoms with Gasteiger partial charge in [-0.3, -0.25) is 4.79 Å². The summed E-state index contributed by atoms with van der Waals surface area (Å²) in [5.41, 5.74) is 1.05. The van der Waals surface area contributed by atoms with E-state index < -0.39 is 24.0 Å². The zero-order valence-electron chi connectivity index (χ0n) is 23.9. The van der Waals surface area contributed by atoms with Crippen LogP contribution in [0.25, 0.3) is 0 Å². The van der Waals surface area contributed by atoms with Gasteiger partial charge in [0.1, 0.15) is 11.9 Å². The summed E-state index contributed by atoms with van der Waals surface area (Å²) >= 11 is 0. The fraction of sp³-hybridized carbons (Fsp3) is 0.500. The molecule has 41 heavy (non-hydrogen) atoms. The predicted octanol–water partition coefficient (Wildman–Crippen LogP) is 4.66. The number of ether oxygens (including phenoxy) is 1. The number of anilines is 2. The largest absolute Gasteiger partial charge is 0.485 e. The molecule has 0 spiro atoms. The molecule has 0 bridgehead atoms. The number of aliphatic hydroxyl groups excluding tert-OH is 1. The maximum Gasteiger partial charge on any atom is 0.321 e. The quantitative estimate of drug-likeness (QED) is 0.386. The zero-order valence-corrected chi connectivity index (χ0v) is 23.9. The average Bonchev–Trinajstić information content (AvgIpc) is 2.96. The van der Waals surface area contributed by atoms with Gasteiger partial charge in [0.25, 0.3) is 5.91 Å². The van der Waals surface area contributed by atoms with Crippen LogP contribution in [0.2, 0.25) is 0 Å². The molecule has 1 saturated carbocycles. The second-order valence-corrected chi connectivity index (χ2v) is 11.1. The highest BCUT2D eigenvalue weighted by Crippen LogP contribution is 2.35. The molecule has 4 N–H and O–H groups in total. The van der Waals surface area contributed by atoms with E-state index in [4.69, 9.17) is 4.74 Å². The van der Waals surface area contributed by atoms with E-state index >= 15 is 0 Å². The summed E-state index contributed by atoms with van der Waals surface area (Å²) < 4.78 is 19.8. The second-order valence-electron chi connectivity index (χ2n) is 11.1. The third kappa shape index (κ3) is 7.66. The fourth-order valence-electron chi connectivity index (χ4n) is 5.26. The number of carbonyl (C=O) groups is 3. The molecule has 3 atom stereocenters. The summed E-state index contributed by atoms with van der Waals surface area (Å²) in [5.74, 6) is -0.743. The lowest BCUT2D eigenvalue weighted by atomic mass is 9.96. The molecule has 2 aromatic carbocycles. The SMILES string of the molecule is C[C@H](CO)N1C[C@H](C)[C@@H](CN(C)C(=O)Nc2ccc(F)cc2)Oc2c(NC(=O)NC3CCCCC3)cccc2C1=O. The highest BCUT2D eigenvalue weighted by Gasteiger charge is 2.35. The first kappa shape index (κ1) is 30.1. The average molecular weight is 570 g/mol. The number of aliphatic hydroxyl groups is 1. The molecule has 4 rings (SSSR count). The normalized spacial score (nSPS) is 20.1. The number of hydrogen-bond donors (Lipinski definition) is 4. The number of halogens is 1. The first-order valence-electron chi connectivity index (χ1n) is 14.2. The monoisotopic (exact) mass is 569 g/mol. The summed E-state index contributed by atoms with van der Waals surface area (Å²) in [6.45, 7) is 3.91. The Balaban J connectivity index is 1.58. The van der Waals surface area contributed by atoms with E-state index in [1.807, 2.05) is 6.92 Å². The van der Waals surface area contributed by atoms with Crippen molar-refractivity contribution in [1.82, 2.24) is 15.1 Å². The minimum Gasteiger partial charge on any atom is -0.485 e. The molecular formula is C30H40FN5O5. The lowest BCUT2D eigenvalue weighted by molar-refractivity contribution is 0.0373. The Morgan fingerprint density at radius 2 is 1.83 bits per heavy atom. The van der Waals surface area contributed by atoms with Gasteiger partial charge in [-0.05, 0) is 56.2 Å². The molecule has 1 aliphatic heterocycles. The summed E-state index contributed by atoms with van der Waals surface area (Å²) in [6.07, 6.45) is 4.60. The number of nitrogens with zero attached hydrogens (tertiary/aromatic N) is 2. The first-order valence-corrected chi connectivity index (χ1v) is 14.2. The first-order chi connectivity index (χ1) is 19.7. The Labute approximate surface area is 240 Å². The minimum atomic E-state index is -0.566. The van der Waals surface area contributed by atoms with Crippen molar-refractivity contribution in [3.05, 3.63) is 53.8 Å². The van der Waals surface area contributed by atoms with Crippen LogP contribution in [-0.4, -0.2) is 77.8 Å². The zero-order chi connectivity index (χ0) is 29.5. The van der Waals surface area contributed by atoms with Gasteiger partial charge in [-0.2, -0.15) is 0 Å². The summed E-state index contributed by atoms with van der Waals surface area (Å²) in [5, 5.41) is 18.5. The highest BCUT2D eigenvalue weighted by atomic mass is 19.1. The third-order valence-corrected chi connectivity index (χ3v) is 7.78. The van der Waals surface area contributed by atoms with E-state index in [0.717, 1.165) is 25.7 Å².